The average molecular weight is 425 g/mol. The molecule has 8 heteroatoms. The third-order valence-electron chi connectivity index (χ3n) is 4.50. The number of fused-ring (bicyclic) bond motifs is 1. The fraction of sp³-hybridized carbons (Fsp3) is 0.0833. The van der Waals surface area contributed by atoms with Crippen LogP contribution in [0.5, 0.6) is 17.4 Å². The van der Waals surface area contributed by atoms with E-state index in [1.807, 2.05) is 30.5 Å². The van der Waals surface area contributed by atoms with Gasteiger partial charge in [0.1, 0.15) is 23.6 Å². The number of benzene rings is 2. The number of aromatic nitrogens is 3. The molecule has 4 aromatic rings. The number of nitrogens with one attached hydrogen (secondary N) is 2. The Morgan fingerprint density at radius 3 is 2.91 bits per heavy atom. The van der Waals surface area contributed by atoms with Gasteiger partial charge < -0.3 is 19.8 Å². The molecule has 1 amide bonds. The van der Waals surface area contributed by atoms with Gasteiger partial charge in [0.05, 0.1) is 18.7 Å². The number of nitrogens with zero attached hydrogens (tertiary/aromatic N) is 3. The third-order valence-corrected chi connectivity index (χ3v) is 4.50. The molecule has 2 aromatic heterocycles. The summed E-state index contributed by atoms with van der Waals surface area (Å²) in [6.45, 7) is 3.77. The van der Waals surface area contributed by atoms with Crippen LogP contribution >= 0.6 is 0 Å². The number of nitriles is 1. The second-order valence-electron chi connectivity index (χ2n) is 6.72. The van der Waals surface area contributed by atoms with Crippen molar-refractivity contribution in [2.24, 2.45) is 0 Å². The van der Waals surface area contributed by atoms with E-state index in [1.54, 1.807) is 24.3 Å². The molecule has 0 saturated carbocycles. The van der Waals surface area contributed by atoms with Crippen LogP contribution in [0, 0.1) is 11.3 Å². The first-order chi connectivity index (χ1) is 15.7. The minimum atomic E-state index is -0.306. The first-order valence-corrected chi connectivity index (χ1v) is 9.82. The smallest absolute Gasteiger partial charge is 0.247 e. The van der Waals surface area contributed by atoms with E-state index >= 15 is 0 Å². The zero-order valence-electron chi connectivity index (χ0n) is 17.0. The molecule has 2 N–H and O–H groups in total. The van der Waals surface area contributed by atoms with Crippen LogP contribution in [0.1, 0.15) is 6.42 Å². The summed E-state index contributed by atoms with van der Waals surface area (Å²) in [5.41, 5.74) is 3.59. The number of hydrogen-bond acceptors (Lipinski definition) is 6. The molecule has 2 aromatic carbocycles. The number of aromatic amines is 1. The molecule has 0 spiro atoms. The van der Waals surface area contributed by atoms with Crippen molar-refractivity contribution in [3.05, 3.63) is 73.6 Å². The number of hydrogen-bond donors (Lipinski definition) is 2. The highest BCUT2D eigenvalue weighted by Crippen LogP contribution is 2.31. The number of carbonyl (C=O) groups is 1. The Hall–Kier alpha value is -4.64. The Kier molecular flexibility index (Phi) is 6.09. The van der Waals surface area contributed by atoms with Crippen LogP contribution in [-0.2, 0) is 4.79 Å². The van der Waals surface area contributed by atoms with Crippen molar-refractivity contribution in [1.29, 1.82) is 5.26 Å². The predicted octanol–water partition coefficient (Wildman–Crippen LogP) is 4.83. The summed E-state index contributed by atoms with van der Waals surface area (Å²) in [7, 11) is 0. The summed E-state index contributed by atoms with van der Waals surface area (Å²) >= 11 is 0. The Morgan fingerprint density at radius 2 is 2.06 bits per heavy atom. The van der Waals surface area contributed by atoms with E-state index in [0.29, 0.717) is 47.3 Å². The van der Waals surface area contributed by atoms with Crippen molar-refractivity contribution in [2.75, 3.05) is 11.9 Å². The van der Waals surface area contributed by atoms with Crippen LogP contribution < -0.4 is 14.8 Å². The van der Waals surface area contributed by atoms with Crippen LogP contribution in [-0.4, -0.2) is 27.5 Å². The molecule has 0 aliphatic heterocycles. The topological polar surface area (TPSA) is 113 Å². The van der Waals surface area contributed by atoms with Gasteiger partial charge in [-0.3, -0.25) is 4.79 Å². The van der Waals surface area contributed by atoms with Crippen molar-refractivity contribution in [1.82, 2.24) is 15.0 Å². The quantitative estimate of drug-likeness (QED) is 0.309. The lowest BCUT2D eigenvalue weighted by atomic mass is 10.1. The highest BCUT2D eigenvalue weighted by atomic mass is 16.5. The number of H-pyrrole nitrogens is 1. The minimum Gasteiger partial charge on any atom is -0.493 e. The van der Waals surface area contributed by atoms with Gasteiger partial charge in [-0.05, 0) is 35.9 Å². The molecule has 158 valence electrons. The molecule has 0 aliphatic rings. The standard InChI is InChI=1S/C24H19N5O3/c1-2-21(30)28-17-7-4-9-19(13-17)32-22-15-27-24-23(29-22)20(14-26-24)16-6-3-8-18(12-16)31-11-5-10-25/h2-4,6-9,12-15H,1,5,11H2,(H,26,27)(H,28,30). The van der Waals surface area contributed by atoms with Crippen LogP contribution in [0.4, 0.5) is 5.69 Å². The minimum absolute atomic E-state index is 0.306. The molecule has 8 nitrogen and oxygen atoms in total. The van der Waals surface area contributed by atoms with Gasteiger partial charge in [-0.1, -0.05) is 24.8 Å². The van der Waals surface area contributed by atoms with E-state index in [1.165, 1.54) is 12.3 Å². The SMILES string of the molecule is C=CC(=O)Nc1cccc(Oc2cnc3[nH]cc(-c4cccc(OCCC#N)c4)c3n2)c1. The van der Waals surface area contributed by atoms with Gasteiger partial charge in [0.25, 0.3) is 0 Å². The largest absolute Gasteiger partial charge is 0.493 e. The Morgan fingerprint density at radius 1 is 1.22 bits per heavy atom. The lowest BCUT2D eigenvalue weighted by Gasteiger charge is -2.08. The Balaban J connectivity index is 1.59. The predicted molar refractivity (Wildman–Crippen MR) is 120 cm³/mol. The van der Waals surface area contributed by atoms with E-state index < -0.39 is 0 Å². The monoisotopic (exact) mass is 425 g/mol. The lowest BCUT2D eigenvalue weighted by Crippen LogP contribution is -2.07. The molecule has 4 rings (SSSR count). The summed E-state index contributed by atoms with van der Waals surface area (Å²) in [4.78, 5) is 23.6. The first kappa shape index (κ1) is 20.6. The van der Waals surface area contributed by atoms with E-state index in [-0.39, 0.29) is 5.91 Å². The number of rotatable bonds is 8. The fourth-order valence-electron chi connectivity index (χ4n) is 3.06. The van der Waals surface area contributed by atoms with E-state index in [9.17, 15) is 4.79 Å². The van der Waals surface area contributed by atoms with Crippen molar-refractivity contribution in [3.8, 4) is 34.6 Å². The van der Waals surface area contributed by atoms with Crippen LogP contribution in [0.3, 0.4) is 0 Å². The number of amides is 1. The molecule has 0 aliphatic carbocycles. The van der Waals surface area contributed by atoms with Crippen molar-refractivity contribution >= 4 is 22.8 Å². The third kappa shape index (κ3) is 4.74. The zero-order chi connectivity index (χ0) is 22.3. The highest BCUT2D eigenvalue weighted by molar-refractivity contribution is 5.99. The summed E-state index contributed by atoms with van der Waals surface area (Å²) in [6, 6.07) is 16.6. The molecule has 2 heterocycles. The molecule has 0 saturated heterocycles. The van der Waals surface area contributed by atoms with Gasteiger partial charge in [-0.2, -0.15) is 5.26 Å². The first-order valence-electron chi connectivity index (χ1n) is 9.82. The van der Waals surface area contributed by atoms with Gasteiger partial charge in [0.2, 0.25) is 11.8 Å². The Bertz CT molecular complexity index is 1320. The van der Waals surface area contributed by atoms with Crippen molar-refractivity contribution < 1.29 is 14.3 Å². The van der Waals surface area contributed by atoms with Crippen LogP contribution in [0.25, 0.3) is 22.3 Å². The molecular weight excluding hydrogens is 406 g/mol. The molecule has 0 bridgehead atoms. The maximum Gasteiger partial charge on any atom is 0.247 e. The van der Waals surface area contributed by atoms with Crippen LogP contribution in [0.15, 0.2) is 73.6 Å². The second kappa shape index (κ2) is 9.45. The van der Waals surface area contributed by atoms with Gasteiger partial charge >= 0.3 is 0 Å². The summed E-state index contributed by atoms with van der Waals surface area (Å²) in [6.07, 6.45) is 4.87. The normalized spacial score (nSPS) is 10.3. The maximum absolute atomic E-state index is 11.5. The van der Waals surface area contributed by atoms with Crippen molar-refractivity contribution in [3.63, 3.8) is 0 Å². The molecule has 32 heavy (non-hydrogen) atoms. The number of anilines is 1. The average Bonchev–Trinajstić information content (AvgIpc) is 3.23. The van der Waals surface area contributed by atoms with Gasteiger partial charge in [-0.25, -0.2) is 9.97 Å². The summed E-state index contributed by atoms with van der Waals surface area (Å²) in [5, 5.41) is 11.4. The molecular formula is C24H19N5O3. The number of carbonyl (C=O) groups excluding carboxylic acids is 1. The fourth-order valence-corrected chi connectivity index (χ4v) is 3.06. The number of ether oxygens (including phenoxy) is 2. The summed E-state index contributed by atoms with van der Waals surface area (Å²) in [5.74, 6) is 1.18. The Labute approximate surface area is 184 Å². The van der Waals surface area contributed by atoms with E-state index in [4.69, 9.17) is 14.7 Å². The molecule has 0 fully saturated rings. The molecule has 0 unspecified atom stereocenters. The zero-order valence-corrected chi connectivity index (χ0v) is 17.0. The van der Waals surface area contributed by atoms with Gasteiger partial charge in [0, 0.05) is 23.5 Å². The molecule has 0 radical (unpaired) electrons. The van der Waals surface area contributed by atoms with E-state index in [2.05, 4.69) is 32.9 Å². The van der Waals surface area contributed by atoms with Crippen LogP contribution in [0.2, 0.25) is 0 Å². The highest BCUT2D eigenvalue weighted by Gasteiger charge is 2.12. The van der Waals surface area contributed by atoms with Gasteiger partial charge in [-0.15, -0.1) is 0 Å². The lowest BCUT2D eigenvalue weighted by molar-refractivity contribution is -0.111. The summed E-state index contributed by atoms with van der Waals surface area (Å²) < 4.78 is 11.5. The van der Waals surface area contributed by atoms with E-state index in [0.717, 1.165) is 11.1 Å². The van der Waals surface area contributed by atoms with Gasteiger partial charge in [0.15, 0.2) is 5.65 Å². The van der Waals surface area contributed by atoms with Crippen molar-refractivity contribution in [2.45, 2.75) is 6.42 Å². The second-order valence-corrected chi connectivity index (χ2v) is 6.72. The molecule has 0 atom stereocenters. The maximum atomic E-state index is 11.5.